The summed E-state index contributed by atoms with van der Waals surface area (Å²) in [4.78, 5) is 2.29. The van der Waals surface area contributed by atoms with Gasteiger partial charge in [0, 0.05) is 25.3 Å². The van der Waals surface area contributed by atoms with E-state index in [2.05, 4.69) is 4.90 Å². The summed E-state index contributed by atoms with van der Waals surface area (Å²) < 4.78 is 11.1. The molecule has 2 atom stereocenters. The molecule has 0 saturated carbocycles. The Bertz CT molecular complexity index is 448. The average molecular weight is 293 g/mol. The van der Waals surface area contributed by atoms with Crippen LogP contribution in [-0.2, 0) is 4.74 Å². The molecule has 1 aromatic carbocycles. The molecule has 0 amide bonds. The lowest BCUT2D eigenvalue weighted by molar-refractivity contribution is -0.00726. The molecule has 1 N–H and O–H groups in total. The number of piperidine rings is 1. The van der Waals surface area contributed by atoms with Gasteiger partial charge < -0.3 is 14.6 Å². The fourth-order valence-corrected chi connectivity index (χ4v) is 3.01. The number of nitrogens with zero attached hydrogens (tertiary/aromatic N) is 1. The van der Waals surface area contributed by atoms with Crippen LogP contribution in [0, 0.1) is 6.92 Å². The fraction of sp³-hybridized carbons (Fsp3) is 0.647. The summed E-state index contributed by atoms with van der Waals surface area (Å²) in [6.07, 6.45) is 2.02. The molecule has 2 unspecified atom stereocenters. The number of aliphatic hydroxyl groups is 1. The van der Waals surface area contributed by atoms with Crippen molar-refractivity contribution in [3.05, 3.63) is 29.3 Å². The molecule has 0 bridgehead atoms. The number of likely N-dealkylation sites (tertiary alicyclic amines) is 1. The van der Waals surface area contributed by atoms with Gasteiger partial charge in [-0.2, -0.15) is 0 Å². The van der Waals surface area contributed by atoms with Gasteiger partial charge in [-0.05, 0) is 45.4 Å². The van der Waals surface area contributed by atoms with Crippen LogP contribution in [0.1, 0.15) is 37.0 Å². The smallest absolute Gasteiger partial charge is 0.124 e. The van der Waals surface area contributed by atoms with Gasteiger partial charge in [0.25, 0.3) is 0 Å². The molecule has 1 aromatic rings. The molecule has 0 spiro atoms. The number of aliphatic hydroxyl groups excluding tert-OH is 1. The Morgan fingerprint density at radius 3 is 2.95 bits per heavy atom. The summed E-state index contributed by atoms with van der Waals surface area (Å²) in [5, 5.41) is 10.6. The number of β-amino-alcohol motifs (C(OH)–C–C–N with tert-alkyl or cyclic N) is 1. The standard InChI is InChI=1S/C17H27NO3/c1-4-21-14-6-5-9-18(11-14)12-16(19)15-10-13(2)7-8-17(15)20-3/h7-8,10,14,16,19H,4-6,9,11-12H2,1-3H3. The lowest BCUT2D eigenvalue weighted by Crippen LogP contribution is -2.41. The zero-order valence-corrected chi connectivity index (χ0v) is 13.3. The van der Waals surface area contributed by atoms with Crippen molar-refractivity contribution in [3.8, 4) is 5.75 Å². The van der Waals surface area contributed by atoms with Crippen LogP contribution in [0.15, 0.2) is 18.2 Å². The van der Waals surface area contributed by atoms with E-state index in [1.165, 1.54) is 0 Å². The number of hydrogen-bond donors (Lipinski definition) is 1. The van der Waals surface area contributed by atoms with E-state index < -0.39 is 6.10 Å². The van der Waals surface area contributed by atoms with Gasteiger partial charge >= 0.3 is 0 Å². The van der Waals surface area contributed by atoms with E-state index in [0.29, 0.717) is 12.6 Å². The Hall–Kier alpha value is -1.10. The highest BCUT2D eigenvalue weighted by molar-refractivity contribution is 5.38. The van der Waals surface area contributed by atoms with Crippen LogP contribution in [-0.4, -0.2) is 49.5 Å². The van der Waals surface area contributed by atoms with Crippen LogP contribution in [0.3, 0.4) is 0 Å². The van der Waals surface area contributed by atoms with Crippen molar-refractivity contribution in [2.45, 2.75) is 38.9 Å². The second-order valence-corrected chi connectivity index (χ2v) is 5.74. The zero-order valence-electron chi connectivity index (χ0n) is 13.3. The Kier molecular flexibility index (Phi) is 6.03. The van der Waals surface area contributed by atoms with Crippen molar-refractivity contribution in [2.24, 2.45) is 0 Å². The maximum atomic E-state index is 10.6. The van der Waals surface area contributed by atoms with E-state index in [1.54, 1.807) is 7.11 Å². The van der Waals surface area contributed by atoms with E-state index in [-0.39, 0.29) is 0 Å². The molecular weight excluding hydrogens is 266 g/mol. The van der Waals surface area contributed by atoms with E-state index >= 15 is 0 Å². The quantitative estimate of drug-likeness (QED) is 0.875. The third kappa shape index (κ3) is 4.43. The first-order valence-corrected chi connectivity index (χ1v) is 7.80. The van der Waals surface area contributed by atoms with Crippen molar-refractivity contribution >= 4 is 0 Å². The van der Waals surface area contributed by atoms with Crippen LogP contribution in [0.2, 0.25) is 0 Å². The summed E-state index contributed by atoms with van der Waals surface area (Å²) in [6.45, 7) is 7.37. The second-order valence-electron chi connectivity index (χ2n) is 5.74. The third-order valence-electron chi connectivity index (χ3n) is 4.04. The molecular formula is C17H27NO3. The van der Waals surface area contributed by atoms with Crippen LogP contribution >= 0.6 is 0 Å². The first-order chi connectivity index (χ1) is 10.1. The van der Waals surface area contributed by atoms with Gasteiger partial charge in [-0.3, -0.25) is 4.90 Å². The fourth-order valence-electron chi connectivity index (χ4n) is 3.01. The van der Waals surface area contributed by atoms with Crippen molar-refractivity contribution in [3.63, 3.8) is 0 Å². The minimum absolute atomic E-state index is 0.301. The highest BCUT2D eigenvalue weighted by Gasteiger charge is 2.23. The molecule has 2 rings (SSSR count). The van der Waals surface area contributed by atoms with Crippen molar-refractivity contribution in [1.82, 2.24) is 4.90 Å². The van der Waals surface area contributed by atoms with E-state index in [1.807, 2.05) is 32.0 Å². The molecule has 4 heteroatoms. The number of benzene rings is 1. The van der Waals surface area contributed by atoms with Crippen molar-refractivity contribution < 1.29 is 14.6 Å². The van der Waals surface area contributed by atoms with Gasteiger partial charge in [-0.15, -0.1) is 0 Å². The molecule has 1 aliphatic rings. The number of hydrogen-bond acceptors (Lipinski definition) is 4. The molecule has 4 nitrogen and oxygen atoms in total. The summed E-state index contributed by atoms with van der Waals surface area (Å²) in [5.41, 5.74) is 2.01. The SMILES string of the molecule is CCOC1CCCN(CC(O)c2cc(C)ccc2OC)C1. The summed E-state index contributed by atoms with van der Waals surface area (Å²) in [6, 6.07) is 5.93. The Labute approximate surface area is 127 Å². The summed E-state index contributed by atoms with van der Waals surface area (Å²) in [5.74, 6) is 0.756. The van der Waals surface area contributed by atoms with Gasteiger partial charge in [0.1, 0.15) is 5.75 Å². The number of methoxy groups -OCH3 is 1. The molecule has 21 heavy (non-hydrogen) atoms. The monoisotopic (exact) mass is 293 g/mol. The highest BCUT2D eigenvalue weighted by Crippen LogP contribution is 2.27. The Morgan fingerprint density at radius 1 is 1.43 bits per heavy atom. The van der Waals surface area contributed by atoms with Gasteiger partial charge in [0.2, 0.25) is 0 Å². The largest absolute Gasteiger partial charge is 0.496 e. The predicted octanol–water partition coefficient (Wildman–Crippen LogP) is 2.54. The topological polar surface area (TPSA) is 41.9 Å². The van der Waals surface area contributed by atoms with Gasteiger partial charge in [0.15, 0.2) is 0 Å². The third-order valence-corrected chi connectivity index (χ3v) is 4.04. The van der Waals surface area contributed by atoms with Crippen molar-refractivity contribution in [2.75, 3.05) is 33.4 Å². The van der Waals surface area contributed by atoms with Crippen LogP contribution < -0.4 is 4.74 Å². The van der Waals surface area contributed by atoms with Gasteiger partial charge in [-0.1, -0.05) is 11.6 Å². The maximum Gasteiger partial charge on any atom is 0.124 e. The van der Waals surface area contributed by atoms with E-state index in [9.17, 15) is 5.11 Å². The minimum atomic E-state index is -0.528. The molecule has 1 aliphatic heterocycles. The summed E-state index contributed by atoms with van der Waals surface area (Å²) >= 11 is 0. The number of rotatable bonds is 6. The number of aryl methyl sites for hydroxylation is 1. The first kappa shape index (κ1) is 16.3. The van der Waals surface area contributed by atoms with Crippen LogP contribution in [0.5, 0.6) is 5.75 Å². The molecule has 1 fully saturated rings. The van der Waals surface area contributed by atoms with Gasteiger partial charge in [-0.25, -0.2) is 0 Å². The van der Waals surface area contributed by atoms with Crippen molar-refractivity contribution in [1.29, 1.82) is 0 Å². The first-order valence-electron chi connectivity index (χ1n) is 7.80. The Balaban J connectivity index is 2.00. The van der Waals surface area contributed by atoms with Gasteiger partial charge in [0.05, 0.1) is 19.3 Å². The van der Waals surface area contributed by atoms with Crippen LogP contribution in [0.4, 0.5) is 0 Å². The average Bonchev–Trinajstić information content (AvgIpc) is 2.48. The molecule has 0 aromatic heterocycles. The zero-order chi connectivity index (χ0) is 15.2. The number of ether oxygens (including phenoxy) is 2. The molecule has 118 valence electrons. The highest BCUT2D eigenvalue weighted by atomic mass is 16.5. The molecule has 1 heterocycles. The Morgan fingerprint density at radius 2 is 2.24 bits per heavy atom. The predicted molar refractivity (Wildman–Crippen MR) is 83.8 cm³/mol. The minimum Gasteiger partial charge on any atom is -0.496 e. The lowest BCUT2D eigenvalue weighted by atomic mass is 10.0. The van der Waals surface area contributed by atoms with E-state index in [4.69, 9.17) is 9.47 Å². The molecule has 0 aliphatic carbocycles. The second kappa shape index (κ2) is 7.78. The van der Waals surface area contributed by atoms with Crippen LogP contribution in [0.25, 0.3) is 0 Å². The molecule has 0 radical (unpaired) electrons. The molecule has 1 saturated heterocycles. The van der Waals surface area contributed by atoms with E-state index in [0.717, 1.165) is 49.4 Å². The normalized spacial score (nSPS) is 21.2. The summed E-state index contributed by atoms with van der Waals surface area (Å²) in [7, 11) is 1.65. The maximum absolute atomic E-state index is 10.6. The lowest BCUT2D eigenvalue weighted by Gasteiger charge is -2.33.